The molecule has 2 rings (SSSR count). The third kappa shape index (κ3) is 3.66. The zero-order valence-corrected chi connectivity index (χ0v) is 16.1. The molecule has 21 heavy (non-hydrogen) atoms. The van der Waals surface area contributed by atoms with E-state index in [4.69, 9.17) is 0 Å². The average molecular weight is 314 g/mol. The Labute approximate surface area is 131 Å². The molecule has 0 atom stereocenters. The number of rotatable bonds is 4. The monoisotopic (exact) mass is 313 g/mol. The number of hydrogen-bond donors (Lipinski definition) is 0. The van der Waals surface area contributed by atoms with Crippen molar-refractivity contribution >= 4 is 32.9 Å². The summed E-state index contributed by atoms with van der Waals surface area (Å²) in [5.41, 5.74) is 2.74. The maximum absolute atomic E-state index is 2.61. The van der Waals surface area contributed by atoms with Crippen LogP contribution in [0.15, 0.2) is 54.6 Å². The summed E-state index contributed by atoms with van der Waals surface area (Å²) in [5, 5.41) is 1.55. The lowest BCUT2D eigenvalue weighted by Crippen LogP contribution is -2.49. The van der Waals surface area contributed by atoms with Gasteiger partial charge in [0.05, 0.1) is 8.07 Å². The largest absolute Gasteiger partial charge is 0.370 e. The molecule has 0 spiro atoms. The summed E-state index contributed by atoms with van der Waals surface area (Å²) < 4.78 is 2.61. The van der Waals surface area contributed by atoms with Crippen LogP contribution in [0.4, 0.5) is 11.4 Å². The van der Waals surface area contributed by atoms with Crippen LogP contribution < -0.4 is 9.75 Å². The van der Waals surface area contributed by atoms with E-state index in [1.54, 1.807) is 5.19 Å². The lowest BCUT2D eigenvalue weighted by molar-refractivity contribution is 1.33. The van der Waals surface area contributed by atoms with Crippen molar-refractivity contribution in [2.24, 2.45) is 0 Å². The smallest absolute Gasteiger partial charge is 0.153 e. The third-order valence-electron chi connectivity index (χ3n) is 3.64. The standard InChI is InChI=1S/C18H27NSi2/c1-20(2,3)18-15-11-10-14-17(18)19(21(4,5)6)16-12-8-7-9-13-16/h7-15H,1-6H3. The normalized spacial score (nSPS) is 12.3. The molecule has 0 heterocycles. The maximum Gasteiger partial charge on any atom is 0.153 e. The van der Waals surface area contributed by atoms with Crippen LogP contribution in [-0.4, -0.2) is 16.3 Å². The Bertz CT molecular complexity index is 595. The molecule has 2 aromatic rings. The summed E-state index contributed by atoms with van der Waals surface area (Å²) in [5.74, 6) is 0. The van der Waals surface area contributed by atoms with Crippen LogP contribution >= 0.6 is 0 Å². The molecule has 0 radical (unpaired) electrons. The van der Waals surface area contributed by atoms with Crippen molar-refractivity contribution in [1.82, 2.24) is 0 Å². The van der Waals surface area contributed by atoms with Crippen LogP contribution in [0.2, 0.25) is 39.3 Å². The summed E-state index contributed by atoms with van der Waals surface area (Å²) in [6, 6.07) is 19.8. The van der Waals surface area contributed by atoms with E-state index in [-0.39, 0.29) is 0 Å². The maximum atomic E-state index is 2.61. The summed E-state index contributed by atoms with van der Waals surface area (Å²) >= 11 is 0. The fourth-order valence-corrected chi connectivity index (χ4v) is 6.28. The van der Waals surface area contributed by atoms with Crippen molar-refractivity contribution in [3.8, 4) is 0 Å². The molecule has 0 saturated heterocycles. The van der Waals surface area contributed by atoms with Crippen LogP contribution in [-0.2, 0) is 0 Å². The van der Waals surface area contributed by atoms with Gasteiger partial charge in [0.25, 0.3) is 0 Å². The zero-order chi connectivity index (χ0) is 15.7. The van der Waals surface area contributed by atoms with Gasteiger partial charge in [-0.05, 0) is 23.4 Å². The first kappa shape index (κ1) is 16.1. The van der Waals surface area contributed by atoms with Gasteiger partial charge in [-0.15, -0.1) is 0 Å². The number of anilines is 2. The molecule has 3 heteroatoms. The summed E-state index contributed by atoms with van der Waals surface area (Å²) in [6.45, 7) is 14.5. The highest BCUT2D eigenvalue weighted by Crippen LogP contribution is 2.31. The predicted octanol–water partition coefficient (Wildman–Crippen LogP) is 5.20. The quantitative estimate of drug-likeness (QED) is 0.701. The molecule has 2 aromatic carbocycles. The highest BCUT2D eigenvalue weighted by atomic mass is 28.3. The molecule has 0 aromatic heterocycles. The molecular weight excluding hydrogens is 286 g/mol. The molecular formula is C18H27NSi2. The zero-order valence-electron chi connectivity index (χ0n) is 14.1. The molecule has 0 fully saturated rings. The van der Waals surface area contributed by atoms with Gasteiger partial charge in [-0.2, -0.15) is 0 Å². The Balaban J connectivity index is 2.65. The van der Waals surface area contributed by atoms with E-state index in [1.165, 1.54) is 11.4 Å². The van der Waals surface area contributed by atoms with Gasteiger partial charge in [0.15, 0.2) is 8.24 Å². The van der Waals surface area contributed by atoms with E-state index < -0.39 is 16.3 Å². The molecule has 0 aliphatic rings. The molecule has 0 saturated carbocycles. The molecule has 0 unspecified atom stereocenters. The van der Waals surface area contributed by atoms with Gasteiger partial charge in [0.2, 0.25) is 0 Å². The molecule has 112 valence electrons. The first-order chi connectivity index (χ1) is 9.71. The van der Waals surface area contributed by atoms with E-state index in [1.807, 2.05) is 0 Å². The molecule has 0 aliphatic carbocycles. The highest BCUT2D eigenvalue weighted by molar-refractivity contribution is 6.90. The second kappa shape index (κ2) is 5.81. The Morgan fingerprint density at radius 1 is 0.667 bits per heavy atom. The minimum absolute atomic E-state index is 1.32. The number of hydrogen-bond acceptors (Lipinski definition) is 1. The van der Waals surface area contributed by atoms with Gasteiger partial charge in [-0.25, -0.2) is 0 Å². The van der Waals surface area contributed by atoms with Gasteiger partial charge in [0, 0.05) is 11.4 Å². The summed E-state index contributed by atoms with van der Waals surface area (Å²) in [6.07, 6.45) is 0. The minimum atomic E-state index is -1.52. The van der Waals surface area contributed by atoms with Crippen LogP contribution in [0.3, 0.4) is 0 Å². The molecule has 0 bridgehead atoms. The van der Waals surface area contributed by atoms with Gasteiger partial charge in [-0.3, -0.25) is 0 Å². The third-order valence-corrected chi connectivity index (χ3v) is 7.52. The number of para-hydroxylation sites is 2. The van der Waals surface area contributed by atoms with E-state index >= 15 is 0 Å². The van der Waals surface area contributed by atoms with Crippen molar-refractivity contribution in [2.45, 2.75) is 39.3 Å². The van der Waals surface area contributed by atoms with E-state index in [2.05, 4.69) is 98.4 Å². The molecule has 1 nitrogen and oxygen atoms in total. The van der Waals surface area contributed by atoms with Crippen molar-refractivity contribution in [3.05, 3.63) is 54.6 Å². The fourth-order valence-electron chi connectivity index (χ4n) is 2.77. The van der Waals surface area contributed by atoms with Gasteiger partial charge >= 0.3 is 0 Å². The van der Waals surface area contributed by atoms with Crippen LogP contribution in [0.5, 0.6) is 0 Å². The average Bonchev–Trinajstić information content (AvgIpc) is 2.38. The molecule has 0 N–H and O–H groups in total. The van der Waals surface area contributed by atoms with E-state index in [0.717, 1.165) is 0 Å². The van der Waals surface area contributed by atoms with Crippen LogP contribution in [0.1, 0.15) is 0 Å². The first-order valence-corrected chi connectivity index (χ1v) is 14.6. The van der Waals surface area contributed by atoms with Crippen molar-refractivity contribution < 1.29 is 0 Å². The topological polar surface area (TPSA) is 3.24 Å². The minimum Gasteiger partial charge on any atom is -0.370 e. The lowest BCUT2D eigenvalue weighted by atomic mass is 10.2. The molecule has 0 aliphatic heterocycles. The molecule has 0 amide bonds. The lowest BCUT2D eigenvalue weighted by Gasteiger charge is -2.39. The Morgan fingerprint density at radius 3 is 1.71 bits per heavy atom. The summed E-state index contributed by atoms with van der Waals surface area (Å²) in [4.78, 5) is 0. The number of nitrogens with zero attached hydrogens (tertiary/aromatic N) is 1. The summed E-state index contributed by atoms with van der Waals surface area (Å²) in [7, 11) is -2.89. The highest BCUT2D eigenvalue weighted by Gasteiger charge is 2.30. The van der Waals surface area contributed by atoms with E-state index in [0.29, 0.717) is 0 Å². The SMILES string of the molecule is C[Si](C)(C)c1ccccc1N(c1ccccc1)[Si](C)(C)C. The second-order valence-electron chi connectivity index (χ2n) is 7.61. The predicted molar refractivity (Wildman–Crippen MR) is 101 cm³/mol. The fraction of sp³-hybridized carbons (Fsp3) is 0.333. The van der Waals surface area contributed by atoms with Gasteiger partial charge in [0.1, 0.15) is 0 Å². The number of benzene rings is 2. The van der Waals surface area contributed by atoms with Crippen molar-refractivity contribution in [1.29, 1.82) is 0 Å². The Morgan fingerprint density at radius 2 is 1.19 bits per heavy atom. The first-order valence-electron chi connectivity index (χ1n) is 7.66. The van der Waals surface area contributed by atoms with Crippen LogP contribution in [0.25, 0.3) is 0 Å². The van der Waals surface area contributed by atoms with Crippen molar-refractivity contribution in [3.63, 3.8) is 0 Å². The van der Waals surface area contributed by atoms with Crippen molar-refractivity contribution in [2.75, 3.05) is 4.57 Å². The van der Waals surface area contributed by atoms with E-state index in [9.17, 15) is 0 Å². The van der Waals surface area contributed by atoms with Gasteiger partial charge < -0.3 is 4.57 Å². The van der Waals surface area contributed by atoms with Crippen LogP contribution in [0, 0.1) is 0 Å². The Kier molecular flexibility index (Phi) is 4.44. The second-order valence-corrected chi connectivity index (χ2v) is 17.4. The van der Waals surface area contributed by atoms with Gasteiger partial charge in [-0.1, -0.05) is 75.7 Å². The Hall–Kier alpha value is -1.33.